The monoisotopic (exact) mass is 254 g/mol. The summed E-state index contributed by atoms with van der Waals surface area (Å²) < 4.78 is 5.78. The number of likely N-dealkylation sites (N-methyl/N-ethyl adjacent to an activating group) is 1. The van der Waals surface area contributed by atoms with Crippen molar-refractivity contribution in [1.29, 1.82) is 0 Å². The lowest BCUT2D eigenvalue weighted by molar-refractivity contribution is 0.0596. The summed E-state index contributed by atoms with van der Waals surface area (Å²) in [5, 5.41) is 3.68. The molecule has 0 aromatic carbocycles. The molecule has 0 bridgehead atoms. The van der Waals surface area contributed by atoms with Gasteiger partial charge in [0.2, 0.25) is 0 Å². The van der Waals surface area contributed by atoms with Gasteiger partial charge in [-0.25, -0.2) is 0 Å². The second-order valence-corrected chi connectivity index (χ2v) is 5.84. The van der Waals surface area contributed by atoms with Gasteiger partial charge < -0.3 is 10.1 Å². The quantitative estimate of drug-likeness (QED) is 0.755. The zero-order valence-electron chi connectivity index (χ0n) is 12.2. The second kappa shape index (κ2) is 7.46. The van der Waals surface area contributed by atoms with E-state index in [-0.39, 0.29) is 0 Å². The van der Waals surface area contributed by atoms with E-state index in [4.69, 9.17) is 4.74 Å². The molecule has 0 radical (unpaired) electrons. The van der Waals surface area contributed by atoms with Gasteiger partial charge in [0.1, 0.15) is 0 Å². The fourth-order valence-corrected chi connectivity index (χ4v) is 3.41. The molecule has 0 spiro atoms. The summed E-state index contributed by atoms with van der Waals surface area (Å²) >= 11 is 0. The van der Waals surface area contributed by atoms with Gasteiger partial charge in [-0.15, -0.1) is 0 Å². The largest absolute Gasteiger partial charge is 0.377 e. The van der Waals surface area contributed by atoms with Gasteiger partial charge in [0.15, 0.2) is 0 Å². The molecule has 106 valence electrons. The molecule has 3 heteroatoms. The van der Waals surface area contributed by atoms with Crippen molar-refractivity contribution in [3.05, 3.63) is 0 Å². The van der Waals surface area contributed by atoms with Crippen LogP contribution in [0.2, 0.25) is 0 Å². The molecule has 0 aromatic heterocycles. The average molecular weight is 254 g/mol. The molecule has 3 unspecified atom stereocenters. The van der Waals surface area contributed by atoms with Crippen molar-refractivity contribution >= 4 is 0 Å². The number of nitrogens with zero attached hydrogens (tertiary/aromatic N) is 1. The molecule has 1 heterocycles. The minimum atomic E-state index is 0.507. The van der Waals surface area contributed by atoms with E-state index in [0.29, 0.717) is 6.10 Å². The van der Waals surface area contributed by atoms with Crippen LogP contribution < -0.4 is 5.32 Å². The number of rotatable bonds is 7. The van der Waals surface area contributed by atoms with Crippen LogP contribution in [0.3, 0.4) is 0 Å². The van der Waals surface area contributed by atoms with Gasteiger partial charge in [-0.05, 0) is 51.6 Å². The highest BCUT2D eigenvalue weighted by molar-refractivity contribution is 4.87. The van der Waals surface area contributed by atoms with Crippen molar-refractivity contribution in [2.24, 2.45) is 0 Å². The third kappa shape index (κ3) is 3.94. The van der Waals surface area contributed by atoms with Crippen molar-refractivity contribution in [1.82, 2.24) is 10.2 Å². The summed E-state index contributed by atoms with van der Waals surface area (Å²) in [6, 6.07) is 1.54. The summed E-state index contributed by atoms with van der Waals surface area (Å²) in [5.74, 6) is 0. The third-order valence-electron chi connectivity index (χ3n) is 4.47. The third-order valence-corrected chi connectivity index (χ3v) is 4.47. The molecule has 1 aliphatic carbocycles. The first kappa shape index (κ1) is 14.3. The van der Waals surface area contributed by atoms with Crippen molar-refractivity contribution in [2.45, 2.75) is 70.6 Å². The second-order valence-electron chi connectivity index (χ2n) is 5.84. The number of hydrogen-bond acceptors (Lipinski definition) is 3. The lowest BCUT2D eigenvalue weighted by atomic mass is 10.1. The minimum absolute atomic E-state index is 0.507. The Morgan fingerprint density at radius 2 is 2.11 bits per heavy atom. The highest BCUT2D eigenvalue weighted by Crippen LogP contribution is 2.25. The Labute approximate surface area is 112 Å². The van der Waals surface area contributed by atoms with Crippen molar-refractivity contribution in [3.63, 3.8) is 0 Å². The van der Waals surface area contributed by atoms with E-state index >= 15 is 0 Å². The minimum Gasteiger partial charge on any atom is -0.377 e. The van der Waals surface area contributed by atoms with Crippen LogP contribution in [0.4, 0.5) is 0 Å². The van der Waals surface area contributed by atoms with Gasteiger partial charge in [0.05, 0.1) is 6.10 Å². The topological polar surface area (TPSA) is 24.5 Å². The molecule has 1 N–H and O–H groups in total. The van der Waals surface area contributed by atoms with Crippen LogP contribution in [0, 0.1) is 0 Å². The van der Waals surface area contributed by atoms with E-state index < -0.39 is 0 Å². The zero-order chi connectivity index (χ0) is 12.8. The lowest BCUT2D eigenvalue weighted by Gasteiger charge is -2.30. The van der Waals surface area contributed by atoms with Gasteiger partial charge in [0, 0.05) is 25.2 Å². The Kier molecular flexibility index (Phi) is 5.93. The maximum atomic E-state index is 5.78. The molecular formula is C15H30N2O. The van der Waals surface area contributed by atoms with E-state index in [0.717, 1.165) is 25.2 Å². The molecule has 3 atom stereocenters. The molecule has 18 heavy (non-hydrogen) atoms. The van der Waals surface area contributed by atoms with E-state index in [1.165, 1.54) is 51.6 Å². The van der Waals surface area contributed by atoms with Crippen LogP contribution in [-0.2, 0) is 4.74 Å². The predicted octanol–water partition coefficient (Wildman–Crippen LogP) is 2.41. The maximum absolute atomic E-state index is 5.78. The van der Waals surface area contributed by atoms with E-state index in [1.807, 2.05) is 0 Å². The lowest BCUT2D eigenvalue weighted by Crippen LogP contribution is -2.40. The van der Waals surface area contributed by atoms with Gasteiger partial charge >= 0.3 is 0 Å². The van der Waals surface area contributed by atoms with Crippen LogP contribution in [0.1, 0.15) is 52.4 Å². The number of ether oxygens (including phenoxy) is 1. The Morgan fingerprint density at radius 1 is 1.22 bits per heavy atom. The van der Waals surface area contributed by atoms with Crippen LogP contribution >= 0.6 is 0 Å². The van der Waals surface area contributed by atoms with Crippen LogP contribution in [-0.4, -0.2) is 49.3 Å². The summed E-state index contributed by atoms with van der Waals surface area (Å²) in [4.78, 5) is 2.66. The Hall–Kier alpha value is -0.120. The SMILES string of the molecule is CCCNC1CCC(N(CC)CC2CCCO2)C1. The molecule has 0 aromatic rings. The van der Waals surface area contributed by atoms with Gasteiger partial charge in [0.25, 0.3) is 0 Å². The molecule has 1 aliphatic heterocycles. The van der Waals surface area contributed by atoms with E-state index in [2.05, 4.69) is 24.1 Å². The zero-order valence-corrected chi connectivity index (χ0v) is 12.2. The Bertz CT molecular complexity index is 229. The normalized spacial score (nSPS) is 32.5. The van der Waals surface area contributed by atoms with Gasteiger partial charge in [-0.2, -0.15) is 0 Å². The molecule has 2 fully saturated rings. The summed E-state index contributed by atoms with van der Waals surface area (Å²) in [7, 11) is 0. The van der Waals surface area contributed by atoms with Gasteiger partial charge in [-0.3, -0.25) is 4.90 Å². The van der Waals surface area contributed by atoms with E-state index in [9.17, 15) is 0 Å². The fourth-order valence-electron chi connectivity index (χ4n) is 3.41. The smallest absolute Gasteiger partial charge is 0.0702 e. The Morgan fingerprint density at radius 3 is 2.78 bits per heavy atom. The number of nitrogens with one attached hydrogen (secondary N) is 1. The first-order chi connectivity index (χ1) is 8.83. The molecule has 1 saturated carbocycles. The first-order valence-electron chi connectivity index (χ1n) is 7.92. The summed E-state index contributed by atoms with van der Waals surface area (Å²) in [6.45, 7) is 9.02. The number of hydrogen-bond donors (Lipinski definition) is 1. The van der Waals surface area contributed by atoms with Crippen LogP contribution in [0.5, 0.6) is 0 Å². The summed E-state index contributed by atoms with van der Waals surface area (Å²) in [5.41, 5.74) is 0. The van der Waals surface area contributed by atoms with Crippen LogP contribution in [0.15, 0.2) is 0 Å². The first-order valence-corrected chi connectivity index (χ1v) is 7.92. The molecular weight excluding hydrogens is 224 g/mol. The molecule has 0 amide bonds. The molecule has 3 nitrogen and oxygen atoms in total. The van der Waals surface area contributed by atoms with Crippen molar-refractivity contribution in [3.8, 4) is 0 Å². The predicted molar refractivity (Wildman–Crippen MR) is 75.9 cm³/mol. The molecule has 2 rings (SSSR count). The maximum Gasteiger partial charge on any atom is 0.0702 e. The van der Waals surface area contributed by atoms with Gasteiger partial charge in [-0.1, -0.05) is 13.8 Å². The summed E-state index contributed by atoms with van der Waals surface area (Å²) in [6.07, 6.45) is 8.32. The standard InChI is InChI=1S/C15H30N2O/c1-3-9-16-13-7-8-14(11-13)17(4-2)12-15-6-5-10-18-15/h13-16H,3-12H2,1-2H3. The fraction of sp³-hybridized carbons (Fsp3) is 1.00. The van der Waals surface area contributed by atoms with Crippen molar-refractivity contribution in [2.75, 3.05) is 26.2 Å². The highest BCUT2D eigenvalue weighted by Gasteiger charge is 2.30. The molecule has 2 aliphatic rings. The van der Waals surface area contributed by atoms with E-state index in [1.54, 1.807) is 0 Å². The van der Waals surface area contributed by atoms with Crippen LogP contribution in [0.25, 0.3) is 0 Å². The highest BCUT2D eigenvalue weighted by atomic mass is 16.5. The average Bonchev–Trinajstić information content (AvgIpc) is 3.04. The molecule has 1 saturated heterocycles. The Balaban J connectivity index is 1.74. The van der Waals surface area contributed by atoms with Crippen molar-refractivity contribution < 1.29 is 4.74 Å².